The number of alkyl halides is 2. The van der Waals surface area contributed by atoms with E-state index in [1.807, 2.05) is 20.8 Å². The van der Waals surface area contributed by atoms with Crippen LogP contribution in [0.15, 0.2) is 0 Å². The Hall–Kier alpha value is -1.15. The minimum absolute atomic E-state index is 0.0596. The number of tetrazole rings is 1. The van der Waals surface area contributed by atoms with Crippen molar-refractivity contribution in [3.8, 4) is 0 Å². The first kappa shape index (κ1) is 14.3. The Kier molecular flexibility index (Phi) is 3.57. The Morgan fingerprint density at radius 1 is 1.42 bits per heavy atom. The highest BCUT2D eigenvalue weighted by atomic mass is 19.3. The Morgan fingerprint density at radius 2 is 2.11 bits per heavy atom. The maximum Gasteiger partial charge on any atom is 0.285 e. The zero-order chi connectivity index (χ0) is 14.3. The van der Waals surface area contributed by atoms with Gasteiger partial charge in [-0.3, -0.25) is 4.90 Å². The molecule has 1 aliphatic rings. The molecule has 1 aliphatic heterocycles. The SMILES string of the molecule is CC(C)(C)n1nnnc1CN1CCC(O)C(F)(F)C1. The van der Waals surface area contributed by atoms with Gasteiger partial charge in [-0.25, -0.2) is 13.5 Å². The van der Waals surface area contributed by atoms with Crippen molar-refractivity contribution in [1.29, 1.82) is 0 Å². The second-order valence-corrected chi connectivity index (χ2v) is 5.95. The lowest BCUT2D eigenvalue weighted by molar-refractivity contribution is -0.151. The van der Waals surface area contributed by atoms with Gasteiger partial charge in [-0.15, -0.1) is 5.10 Å². The lowest BCUT2D eigenvalue weighted by Gasteiger charge is -2.35. The van der Waals surface area contributed by atoms with E-state index < -0.39 is 18.6 Å². The smallest absolute Gasteiger partial charge is 0.285 e. The first-order valence-corrected chi connectivity index (χ1v) is 6.26. The molecule has 0 saturated carbocycles. The van der Waals surface area contributed by atoms with E-state index in [1.54, 1.807) is 9.58 Å². The highest BCUT2D eigenvalue weighted by molar-refractivity contribution is 4.92. The van der Waals surface area contributed by atoms with Gasteiger partial charge in [0.05, 0.1) is 18.6 Å². The van der Waals surface area contributed by atoms with E-state index in [0.29, 0.717) is 12.4 Å². The molecule has 0 aromatic carbocycles. The zero-order valence-corrected chi connectivity index (χ0v) is 11.3. The molecule has 1 aromatic heterocycles. The van der Waals surface area contributed by atoms with Crippen molar-refractivity contribution in [3.05, 3.63) is 5.82 Å². The van der Waals surface area contributed by atoms with Crippen molar-refractivity contribution in [3.63, 3.8) is 0 Å². The van der Waals surface area contributed by atoms with E-state index in [2.05, 4.69) is 15.5 Å². The molecule has 0 amide bonds. The van der Waals surface area contributed by atoms with Crippen LogP contribution in [0.3, 0.4) is 0 Å². The lowest BCUT2D eigenvalue weighted by Crippen LogP contribution is -2.51. The van der Waals surface area contributed by atoms with E-state index in [0.717, 1.165) is 0 Å². The molecule has 0 radical (unpaired) electrons. The largest absolute Gasteiger partial charge is 0.387 e. The molecule has 2 heterocycles. The van der Waals surface area contributed by atoms with E-state index in [1.165, 1.54) is 0 Å². The normalized spacial score (nSPS) is 24.6. The van der Waals surface area contributed by atoms with Gasteiger partial charge in [0.2, 0.25) is 0 Å². The summed E-state index contributed by atoms with van der Waals surface area (Å²) in [5, 5.41) is 20.6. The summed E-state index contributed by atoms with van der Waals surface area (Å²) in [6.45, 7) is 6.04. The fourth-order valence-corrected chi connectivity index (χ4v) is 2.16. The fourth-order valence-electron chi connectivity index (χ4n) is 2.16. The van der Waals surface area contributed by atoms with Crippen LogP contribution < -0.4 is 0 Å². The van der Waals surface area contributed by atoms with Gasteiger partial charge in [-0.05, 0) is 37.6 Å². The quantitative estimate of drug-likeness (QED) is 0.857. The van der Waals surface area contributed by atoms with Crippen molar-refractivity contribution in [1.82, 2.24) is 25.1 Å². The van der Waals surface area contributed by atoms with Crippen LogP contribution in [0.4, 0.5) is 8.78 Å². The average Bonchev–Trinajstić information content (AvgIpc) is 2.71. The number of piperidine rings is 1. The zero-order valence-electron chi connectivity index (χ0n) is 11.3. The van der Waals surface area contributed by atoms with Crippen LogP contribution >= 0.6 is 0 Å². The van der Waals surface area contributed by atoms with Gasteiger partial charge in [0.25, 0.3) is 5.92 Å². The van der Waals surface area contributed by atoms with Gasteiger partial charge in [-0.1, -0.05) is 0 Å². The summed E-state index contributed by atoms with van der Waals surface area (Å²) in [4.78, 5) is 1.57. The van der Waals surface area contributed by atoms with Crippen LogP contribution in [0.2, 0.25) is 0 Å². The number of aliphatic hydroxyl groups excluding tert-OH is 1. The summed E-state index contributed by atoms with van der Waals surface area (Å²) < 4.78 is 28.6. The topological polar surface area (TPSA) is 67.1 Å². The molecule has 0 aliphatic carbocycles. The van der Waals surface area contributed by atoms with Gasteiger partial charge < -0.3 is 5.11 Å². The second kappa shape index (κ2) is 4.75. The standard InChI is InChI=1S/C11H19F2N5O/c1-10(2,3)18-9(14-15-16-18)6-17-5-4-8(19)11(12,13)7-17/h8,19H,4-7H2,1-3H3. The molecule has 19 heavy (non-hydrogen) atoms. The molecule has 1 saturated heterocycles. The first-order chi connectivity index (χ1) is 8.70. The number of aromatic nitrogens is 4. The molecule has 1 aromatic rings. The van der Waals surface area contributed by atoms with Crippen LogP contribution in [0.5, 0.6) is 0 Å². The van der Waals surface area contributed by atoms with Crippen molar-refractivity contribution < 1.29 is 13.9 Å². The third-order valence-corrected chi connectivity index (χ3v) is 3.18. The van der Waals surface area contributed by atoms with Crippen LogP contribution in [-0.2, 0) is 12.1 Å². The average molecular weight is 275 g/mol. The predicted molar refractivity (Wildman–Crippen MR) is 63.7 cm³/mol. The Morgan fingerprint density at radius 3 is 2.68 bits per heavy atom. The Bertz CT molecular complexity index is 443. The number of halogens is 2. The molecule has 0 spiro atoms. The van der Waals surface area contributed by atoms with Crippen LogP contribution in [-0.4, -0.2) is 55.3 Å². The molecule has 1 N–H and O–H groups in total. The first-order valence-electron chi connectivity index (χ1n) is 6.26. The number of aliphatic hydroxyl groups is 1. The summed E-state index contributed by atoms with van der Waals surface area (Å²) in [7, 11) is 0. The third kappa shape index (κ3) is 3.06. The summed E-state index contributed by atoms with van der Waals surface area (Å²) in [6.07, 6.45) is -1.49. The van der Waals surface area contributed by atoms with Crippen molar-refractivity contribution in [2.45, 2.75) is 51.3 Å². The molecular weight excluding hydrogens is 256 g/mol. The van der Waals surface area contributed by atoms with Crippen molar-refractivity contribution in [2.24, 2.45) is 0 Å². The highest BCUT2D eigenvalue weighted by Crippen LogP contribution is 2.28. The lowest BCUT2D eigenvalue weighted by atomic mass is 10.0. The number of hydrogen-bond acceptors (Lipinski definition) is 5. The molecule has 1 fully saturated rings. The number of rotatable bonds is 2. The van der Waals surface area contributed by atoms with Crippen molar-refractivity contribution in [2.75, 3.05) is 13.1 Å². The minimum atomic E-state index is -3.07. The van der Waals surface area contributed by atoms with E-state index in [-0.39, 0.29) is 18.5 Å². The number of likely N-dealkylation sites (tertiary alicyclic amines) is 1. The van der Waals surface area contributed by atoms with E-state index in [4.69, 9.17) is 0 Å². The summed E-state index contributed by atoms with van der Waals surface area (Å²) in [5.41, 5.74) is -0.295. The molecule has 1 unspecified atom stereocenters. The molecule has 8 heteroatoms. The van der Waals surface area contributed by atoms with Crippen LogP contribution in [0, 0.1) is 0 Å². The van der Waals surface area contributed by atoms with Gasteiger partial charge in [0, 0.05) is 6.54 Å². The predicted octanol–water partition coefficient (Wildman–Crippen LogP) is 0.630. The minimum Gasteiger partial charge on any atom is -0.387 e. The van der Waals surface area contributed by atoms with E-state index >= 15 is 0 Å². The molecule has 108 valence electrons. The van der Waals surface area contributed by atoms with Crippen LogP contribution in [0.25, 0.3) is 0 Å². The van der Waals surface area contributed by atoms with Crippen molar-refractivity contribution >= 4 is 0 Å². The Labute approximate surface area is 110 Å². The number of nitrogens with zero attached hydrogens (tertiary/aromatic N) is 5. The van der Waals surface area contributed by atoms with Crippen LogP contribution in [0.1, 0.15) is 33.0 Å². The molecule has 1 atom stereocenters. The maximum atomic E-state index is 13.5. The van der Waals surface area contributed by atoms with Gasteiger partial charge in [0.15, 0.2) is 5.82 Å². The number of hydrogen-bond donors (Lipinski definition) is 1. The maximum absolute atomic E-state index is 13.5. The Balaban J connectivity index is 2.09. The van der Waals surface area contributed by atoms with E-state index in [9.17, 15) is 13.9 Å². The summed E-state index contributed by atoms with van der Waals surface area (Å²) >= 11 is 0. The second-order valence-electron chi connectivity index (χ2n) is 5.95. The fraction of sp³-hybridized carbons (Fsp3) is 0.909. The van der Waals surface area contributed by atoms with Gasteiger partial charge >= 0.3 is 0 Å². The monoisotopic (exact) mass is 275 g/mol. The molecule has 2 rings (SSSR count). The molecular formula is C11H19F2N5O. The molecule has 0 bridgehead atoms. The summed E-state index contributed by atoms with van der Waals surface area (Å²) in [6, 6.07) is 0. The van der Waals surface area contributed by atoms with Gasteiger partial charge in [-0.2, -0.15) is 0 Å². The third-order valence-electron chi connectivity index (χ3n) is 3.18. The highest BCUT2D eigenvalue weighted by Gasteiger charge is 2.43. The molecule has 6 nitrogen and oxygen atoms in total. The van der Waals surface area contributed by atoms with Gasteiger partial charge in [0.1, 0.15) is 6.10 Å². The summed E-state index contributed by atoms with van der Waals surface area (Å²) in [5.74, 6) is -2.52.